The molecule has 0 saturated carbocycles. The predicted molar refractivity (Wildman–Crippen MR) is 70.1 cm³/mol. The van der Waals surface area contributed by atoms with Crippen molar-refractivity contribution in [3.8, 4) is 0 Å². The minimum absolute atomic E-state index is 0.643. The van der Waals surface area contributed by atoms with E-state index in [1.807, 2.05) is 11.8 Å². The average molecular weight is 223 g/mol. The SMILES string of the molecule is CCCCSCc1ccc(CN)cc1C. The van der Waals surface area contributed by atoms with Gasteiger partial charge in [-0.05, 0) is 35.8 Å². The van der Waals surface area contributed by atoms with Crippen LogP contribution in [0.25, 0.3) is 0 Å². The molecule has 0 aliphatic rings. The largest absolute Gasteiger partial charge is 0.326 e. The molecular weight excluding hydrogens is 202 g/mol. The molecule has 2 N–H and O–H groups in total. The Kier molecular flexibility index (Phi) is 5.81. The molecule has 0 amide bonds. The quantitative estimate of drug-likeness (QED) is 0.747. The lowest BCUT2D eigenvalue weighted by Gasteiger charge is -2.07. The highest BCUT2D eigenvalue weighted by Gasteiger charge is 1.99. The van der Waals surface area contributed by atoms with Crippen LogP contribution in [0.4, 0.5) is 0 Å². The third kappa shape index (κ3) is 4.27. The van der Waals surface area contributed by atoms with E-state index in [0.717, 1.165) is 5.75 Å². The molecule has 0 radical (unpaired) electrons. The summed E-state index contributed by atoms with van der Waals surface area (Å²) in [4.78, 5) is 0. The summed E-state index contributed by atoms with van der Waals surface area (Å²) in [5.41, 5.74) is 9.66. The van der Waals surface area contributed by atoms with Crippen LogP contribution in [-0.4, -0.2) is 5.75 Å². The van der Waals surface area contributed by atoms with E-state index in [1.165, 1.54) is 35.3 Å². The average Bonchev–Trinajstić information content (AvgIpc) is 2.26. The van der Waals surface area contributed by atoms with Gasteiger partial charge in [-0.15, -0.1) is 0 Å². The van der Waals surface area contributed by atoms with Crippen LogP contribution in [0, 0.1) is 6.92 Å². The van der Waals surface area contributed by atoms with Crippen LogP contribution in [0.2, 0.25) is 0 Å². The van der Waals surface area contributed by atoms with Crippen molar-refractivity contribution in [2.24, 2.45) is 5.73 Å². The molecule has 0 fully saturated rings. The minimum atomic E-state index is 0.643. The van der Waals surface area contributed by atoms with E-state index in [1.54, 1.807) is 0 Å². The zero-order chi connectivity index (χ0) is 11.1. The molecule has 0 spiro atoms. The Morgan fingerprint density at radius 1 is 1.33 bits per heavy atom. The molecule has 0 atom stereocenters. The van der Waals surface area contributed by atoms with E-state index in [9.17, 15) is 0 Å². The molecule has 2 heteroatoms. The summed E-state index contributed by atoms with van der Waals surface area (Å²) in [6.45, 7) is 5.06. The fraction of sp³-hybridized carbons (Fsp3) is 0.538. The third-order valence-corrected chi connectivity index (χ3v) is 3.63. The van der Waals surface area contributed by atoms with Gasteiger partial charge in [-0.2, -0.15) is 11.8 Å². The maximum atomic E-state index is 5.60. The first kappa shape index (κ1) is 12.6. The van der Waals surface area contributed by atoms with Crippen molar-refractivity contribution in [1.29, 1.82) is 0 Å². The molecular formula is C13H21NS. The lowest BCUT2D eigenvalue weighted by molar-refractivity contribution is 0.896. The normalized spacial score (nSPS) is 10.6. The first-order valence-electron chi connectivity index (χ1n) is 5.64. The van der Waals surface area contributed by atoms with Crippen molar-refractivity contribution < 1.29 is 0 Å². The van der Waals surface area contributed by atoms with Gasteiger partial charge in [0.05, 0.1) is 0 Å². The third-order valence-electron chi connectivity index (χ3n) is 2.54. The second-order valence-electron chi connectivity index (χ2n) is 3.87. The summed E-state index contributed by atoms with van der Waals surface area (Å²) >= 11 is 2.03. The molecule has 0 bridgehead atoms. The molecule has 0 heterocycles. The molecule has 0 aromatic heterocycles. The Balaban J connectivity index is 2.47. The molecule has 0 saturated heterocycles. The van der Waals surface area contributed by atoms with Gasteiger partial charge in [0.15, 0.2) is 0 Å². The Labute approximate surface area is 97.4 Å². The maximum absolute atomic E-state index is 5.60. The van der Waals surface area contributed by atoms with Crippen LogP contribution in [0.5, 0.6) is 0 Å². The van der Waals surface area contributed by atoms with E-state index >= 15 is 0 Å². The molecule has 15 heavy (non-hydrogen) atoms. The summed E-state index contributed by atoms with van der Waals surface area (Å²) in [5, 5.41) is 0. The van der Waals surface area contributed by atoms with Crippen LogP contribution >= 0.6 is 11.8 Å². The molecule has 84 valence electrons. The first-order valence-corrected chi connectivity index (χ1v) is 6.79. The van der Waals surface area contributed by atoms with Gasteiger partial charge in [-0.1, -0.05) is 31.5 Å². The topological polar surface area (TPSA) is 26.0 Å². The number of aryl methyl sites for hydroxylation is 1. The number of rotatable bonds is 6. The smallest absolute Gasteiger partial charge is 0.0187 e. The van der Waals surface area contributed by atoms with E-state index < -0.39 is 0 Å². The van der Waals surface area contributed by atoms with Crippen LogP contribution < -0.4 is 5.73 Å². The molecule has 1 aromatic carbocycles. The number of benzene rings is 1. The lowest BCUT2D eigenvalue weighted by Crippen LogP contribution is -1.98. The van der Waals surface area contributed by atoms with E-state index in [0.29, 0.717) is 6.54 Å². The Morgan fingerprint density at radius 3 is 2.73 bits per heavy atom. The molecule has 1 rings (SSSR count). The van der Waals surface area contributed by atoms with E-state index in [2.05, 4.69) is 32.0 Å². The van der Waals surface area contributed by atoms with Crippen molar-refractivity contribution in [3.63, 3.8) is 0 Å². The molecule has 0 aliphatic carbocycles. The van der Waals surface area contributed by atoms with Crippen LogP contribution in [-0.2, 0) is 12.3 Å². The summed E-state index contributed by atoms with van der Waals surface area (Å²) in [5.74, 6) is 2.41. The molecule has 0 aliphatic heterocycles. The van der Waals surface area contributed by atoms with E-state index in [4.69, 9.17) is 5.73 Å². The summed E-state index contributed by atoms with van der Waals surface area (Å²) in [6, 6.07) is 6.56. The fourth-order valence-corrected chi connectivity index (χ4v) is 2.66. The van der Waals surface area contributed by atoms with Crippen LogP contribution in [0.3, 0.4) is 0 Å². The minimum Gasteiger partial charge on any atom is -0.326 e. The zero-order valence-corrected chi connectivity index (χ0v) is 10.6. The number of hydrogen-bond donors (Lipinski definition) is 1. The first-order chi connectivity index (χ1) is 7.27. The molecule has 1 aromatic rings. The van der Waals surface area contributed by atoms with Gasteiger partial charge in [0.2, 0.25) is 0 Å². The second kappa shape index (κ2) is 6.91. The second-order valence-corrected chi connectivity index (χ2v) is 4.98. The highest BCUT2D eigenvalue weighted by molar-refractivity contribution is 7.98. The van der Waals surface area contributed by atoms with Crippen LogP contribution in [0.15, 0.2) is 18.2 Å². The number of thioether (sulfide) groups is 1. The summed E-state index contributed by atoms with van der Waals surface area (Å²) in [6.07, 6.45) is 2.61. The lowest BCUT2D eigenvalue weighted by atomic mass is 10.1. The number of unbranched alkanes of at least 4 members (excludes halogenated alkanes) is 1. The Hall–Kier alpha value is -0.470. The zero-order valence-electron chi connectivity index (χ0n) is 9.75. The number of hydrogen-bond acceptors (Lipinski definition) is 2. The van der Waals surface area contributed by atoms with Gasteiger partial charge in [0.25, 0.3) is 0 Å². The van der Waals surface area contributed by atoms with Crippen molar-refractivity contribution in [2.75, 3.05) is 5.75 Å². The van der Waals surface area contributed by atoms with Crippen molar-refractivity contribution in [1.82, 2.24) is 0 Å². The van der Waals surface area contributed by atoms with Crippen LogP contribution in [0.1, 0.15) is 36.5 Å². The van der Waals surface area contributed by atoms with Crippen molar-refractivity contribution >= 4 is 11.8 Å². The summed E-state index contributed by atoms with van der Waals surface area (Å²) < 4.78 is 0. The Morgan fingerprint density at radius 2 is 2.13 bits per heavy atom. The highest BCUT2D eigenvalue weighted by Crippen LogP contribution is 2.18. The van der Waals surface area contributed by atoms with E-state index in [-0.39, 0.29) is 0 Å². The maximum Gasteiger partial charge on any atom is 0.0187 e. The predicted octanol–water partition coefficient (Wildman–Crippen LogP) is 3.49. The van der Waals surface area contributed by atoms with Gasteiger partial charge < -0.3 is 5.73 Å². The highest BCUT2D eigenvalue weighted by atomic mass is 32.2. The number of nitrogens with two attached hydrogens (primary N) is 1. The molecule has 0 unspecified atom stereocenters. The van der Waals surface area contributed by atoms with Gasteiger partial charge in [-0.25, -0.2) is 0 Å². The van der Waals surface area contributed by atoms with Crippen molar-refractivity contribution in [2.45, 2.75) is 39.0 Å². The van der Waals surface area contributed by atoms with Gasteiger partial charge in [0.1, 0.15) is 0 Å². The van der Waals surface area contributed by atoms with Crippen molar-refractivity contribution in [3.05, 3.63) is 34.9 Å². The Bertz CT molecular complexity index is 297. The van der Waals surface area contributed by atoms with Gasteiger partial charge in [-0.3, -0.25) is 0 Å². The monoisotopic (exact) mass is 223 g/mol. The molecule has 1 nitrogen and oxygen atoms in total. The summed E-state index contributed by atoms with van der Waals surface area (Å²) in [7, 11) is 0. The van der Waals surface area contributed by atoms with Gasteiger partial charge in [0, 0.05) is 12.3 Å². The van der Waals surface area contributed by atoms with Gasteiger partial charge >= 0.3 is 0 Å². The fourth-order valence-electron chi connectivity index (χ4n) is 1.48. The standard InChI is InChI=1S/C13H21NS/c1-3-4-7-15-10-13-6-5-12(9-14)8-11(13)2/h5-6,8H,3-4,7,9-10,14H2,1-2H3.